The molecule has 3 rings (SSSR count). The molecule has 35 heavy (non-hydrogen) atoms. The summed E-state index contributed by atoms with van der Waals surface area (Å²) < 4.78 is 0. The van der Waals surface area contributed by atoms with E-state index in [-0.39, 0.29) is 44.2 Å². The number of carboxylic acid groups (broad SMARTS) is 1. The van der Waals surface area contributed by atoms with Crippen LogP contribution in [0.4, 0.5) is 0 Å². The molecule has 0 aromatic heterocycles. The summed E-state index contributed by atoms with van der Waals surface area (Å²) in [6.45, 7) is 2.54. The minimum absolute atomic E-state index is 0.0937. The molecule has 1 fully saturated rings. The minimum atomic E-state index is -1.25. The summed E-state index contributed by atoms with van der Waals surface area (Å²) in [6.07, 6.45) is 0.213. The Bertz CT molecular complexity index is 1130. The highest BCUT2D eigenvalue weighted by Gasteiger charge is 2.45. The van der Waals surface area contributed by atoms with Gasteiger partial charge in [0.25, 0.3) is 5.91 Å². The van der Waals surface area contributed by atoms with E-state index in [0.717, 1.165) is 5.56 Å². The van der Waals surface area contributed by atoms with Crippen LogP contribution >= 0.6 is 0 Å². The third kappa shape index (κ3) is 5.84. The van der Waals surface area contributed by atoms with Crippen molar-refractivity contribution in [1.82, 2.24) is 15.5 Å². The van der Waals surface area contributed by atoms with Gasteiger partial charge in [-0.25, -0.2) is 0 Å². The first-order chi connectivity index (χ1) is 16.6. The van der Waals surface area contributed by atoms with Gasteiger partial charge in [-0.1, -0.05) is 42.0 Å². The van der Waals surface area contributed by atoms with Crippen molar-refractivity contribution in [3.8, 4) is 0 Å². The highest BCUT2D eigenvalue weighted by molar-refractivity contribution is 6.35. The zero-order valence-corrected chi connectivity index (χ0v) is 19.5. The van der Waals surface area contributed by atoms with Crippen molar-refractivity contribution in [1.29, 1.82) is 5.41 Å². The molecular weight excluding hydrogens is 450 g/mol. The maximum absolute atomic E-state index is 12.8. The molecule has 1 aliphatic rings. The Labute approximate surface area is 203 Å². The molecule has 184 valence electrons. The lowest BCUT2D eigenvalue weighted by atomic mass is 9.79. The fraction of sp³-hybridized carbons (Fsp3) is 0.320. The van der Waals surface area contributed by atoms with Gasteiger partial charge in [0.15, 0.2) is 0 Å². The number of nitrogens with zero attached hydrogens (tertiary/aromatic N) is 1. The Hall–Kier alpha value is -4.21. The Morgan fingerprint density at radius 2 is 1.74 bits per heavy atom. The summed E-state index contributed by atoms with van der Waals surface area (Å²) in [6, 6.07) is 13.6. The summed E-state index contributed by atoms with van der Waals surface area (Å²) in [5.41, 5.74) is 6.69. The molecule has 0 aliphatic carbocycles. The van der Waals surface area contributed by atoms with E-state index in [0.29, 0.717) is 23.1 Å². The van der Waals surface area contributed by atoms with E-state index in [2.05, 4.69) is 10.6 Å². The number of carboxylic acids is 1. The van der Waals surface area contributed by atoms with Crippen molar-refractivity contribution in [3.63, 3.8) is 0 Å². The number of amidine groups is 1. The van der Waals surface area contributed by atoms with E-state index >= 15 is 0 Å². The first kappa shape index (κ1) is 25.4. The van der Waals surface area contributed by atoms with Gasteiger partial charge in [-0.3, -0.25) is 24.6 Å². The van der Waals surface area contributed by atoms with Crippen molar-refractivity contribution in [2.75, 3.05) is 19.6 Å². The van der Waals surface area contributed by atoms with Gasteiger partial charge in [0.05, 0.1) is 12.0 Å². The highest BCUT2D eigenvalue weighted by atomic mass is 16.4. The molecule has 1 heterocycles. The molecule has 0 bridgehead atoms. The number of carbonyl (C=O) groups is 4. The zero-order chi connectivity index (χ0) is 25.6. The first-order valence-corrected chi connectivity index (χ1v) is 11.3. The van der Waals surface area contributed by atoms with Crippen molar-refractivity contribution < 1.29 is 24.3 Å². The molecule has 2 aromatic rings. The number of carbonyl (C=O) groups excluding carboxylic acids is 3. The predicted octanol–water partition coefficient (Wildman–Crippen LogP) is 1.12. The van der Waals surface area contributed by atoms with Crippen LogP contribution in [0.15, 0.2) is 48.5 Å². The lowest BCUT2D eigenvalue weighted by molar-refractivity contribution is -0.157. The van der Waals surface area contributed by atoms with E-state index in [1.165, 1.54) is 4.90 Å². The second kappa shape index (κ2) is 10.8. The van der Waals surface area contributed by atoms with Crippen LogP contribution in [0.5, 0.6) is 0 Å². The summed E-state index contributed by atoms with van der Waals surface area (Å²) >= 11 is 0. The molecule has 0 saturated carbocycles. The number of nitrogens with one attached hydrogen (secondary N) is 3. The van der Waals surface area contributed by atoms with E-state index in [1.54, 1.807) is 36.4 Å². The van der Waals surface area contributed by atoms with E-state index < -0.39 is 23.3 Å². The molecule has 10 heteroatoms. The normalized spacial score (nSPS) is 15.2. The summed E-state index contributed by atoms with van der Waals surface area (Å²) in [7, 11) is 0. The van der Waals surface area contributed by atoms with Gasteiger partial charge < -0.3 is 26.4 Å². The molecule has 1 atom stereocenters. The van der Waals surface area contributed by atoms with Crippen molar-refractivity contribution >= 4 is 29.5 Å². The lowest BCUT2D eigenvalue weighted by Crippen LogP contribution is -2.60. The lowest BCUT2D eigenvalue weighted by Gasteiger charge is -2.45. The molecule has 6 N–H and O–H groups in total. The van der Waals surface area contributed by atoms with Gasteiger partial charge in [0, 0.05) is 30.8 Å². The van der Waals surface area contributed by atoms with Crippen LogP contribution in [0.1, 0.15) is 46.3 Å². The Morgan fingerprint density at radius 3 is 2.34 bits per heavy atom. The van der Waals surface area contributed by atoms with Crippen molar-refractivity contribution in [3.05, 3.63) is 70.8 Å². The number of piperazine rings is 1. The molecular formula is C25H29N5O5. The zero-order valence-electron chi connectivity index (χ0n) is 19.5. The van der Waals surface area contributed by atoms with E-state index in [1.807, 2.05) is 19.1 Å². The predicted molar refractivity (Wildman–Crippen MR) is 129 cm³/mol. The third-order valence-corrected chi connectivity index (χ3v) is 6.12. The van der Waals surface area contributed by atoms with Crippen LogP contribution in [0.2, 0.25) is 0 Å². The summed E-state index contributed by atoms with van der Waals surface area (Å²) in [5.74, 6) is -3.05. The Balaban J connectivity index is 1.80. The molecule has 3 amide bonds. The molecule has 2 aromatic carbocycles. The first-order valence-electron chi connectivity index (χ1n) is 11.3. The third-order valence-electron chi connectivity index (χ3n) is 6.12. The van der Waals surface area contributed by atoms with Crippen LogP contribution in [-0.2, 0) is 19.9 Å². The fourth-order valence-electron chi connectivity index (χ4n) is 4.31. The number of amides is 3. The number of rotatable bonds is 10. The maximum Gasteiger partial charge on any atom is 0.312 e. The molecule has 1 saturated heterocycles. The Morgan fingerprint density at radius 1 is 1.11 bits per heavy atom. The minimum Gasteiger partial charge on any atom is -0.481 e. The monoisotopic (exact) mass is 479 g/mol. The van der Waals surface area contributed by atoms with Gasteiger partial charge in [0.1, 0.15) is 5.84 Å². The fourth-order valence-corrected chi connectivity index (χ4v) is 4.31. The number of nitrogen functional groups attached to an aromatic ring is 1. The van der Waals surface area contributed by atoms with Gasteiger partial charge in [-0.2, -0.15) is 0 Å². The summed E-state index contributed by atoms with van der Waals surface area (Å²) in [4.78, 5) is 50.8. The number of hydrogen-bond donors (Lipinski definition) is 5. The smallest absolute Gasteiger partial charge is 0.312 e. The number of aliphatic carboxylic acids is 1. The maximum atomic E-state index is 12.8. The molecule has 0 spiro atoms. The van der Waals surface area contributed by atoms with E-state index in [4.69, 9.17) is 11.1 Å². The molecule has 1 aliphatic heterocycles. The van der Waals surface area contributed by atoms with Crippen LogP contribution in [-0.4, -0.2) is 59.2 Å². The summed E-state index contributed by atoms with van der Waals surface area (Å²) in [5, 5.41) is 22.5. The molecule has 0 radical (unpaired) electrons. The van der Waals surface area contributed by atoms with Gasteiger partial charge in [-0.15, -0.1) is 0 Å². The van der Waals surface area contributed by atoms with Gasteiger partial charge in [0.2, 0.25) is 0 Å². The standard InChI is InChI=1S/C25H29N5O5/c1-16-3-9-19(10-4-16)25(15-20(31)32,30-14-13-29-23(34)24(30)35)11-2-12-28-22(33)18-7-5-17(6-8-18)21(26)27/h3-10H,2,11-15H2,1H3,(H3,26,27)(H,28,33)(H,29,34)(H,31,32). The quantitative estimate of drug-likeness (QED) is 0.148. The van der Waals surface area contributed by atoms with E-state index in [9.17, 15) is 24.3 Å². The van der Waals surface area contributed by atoms with Crippen molar-refractivity contribution in [2.24, 2.45) is 5.73 Å². The van der Waals surface area contributed by atoms with Gasteiger partial charge in [-0.05, 0) is 37.5 Å². The molecule has 10 nitrogen and oxygen atoms in total. The average molecular weight is 480 g/mol. The second-order valence-corrected chi connectivity index (χ2v) is 8.53. The molecule has 1 unspecified atom stereocenters. The average Bonchev–Trinajstić information content (AvgIpc) is 2.83. The number of benzene rings is 2. The second-order valence-electron chi connectivity index (χ2n) is 8.53. The number of hydrogen-bond acceptors (Lipinski definition) is 5. The topological polar surface area (TPSA) is 166 Å². The van der Waals surface area contributed by atoms with Crippen molar-refractivity contribution in [2.45, 2.75) is 31.7 Å². The van der Waals surface area contributed by atoms with Crippen LogP contribution in [0.3, 0.4) is 0 Å². The largest absolute Gasteiger partial charge is 0.481 e. The van der Waals surface area contributed by atoms with Gasteiger partial charge >= 0.3 is 17.8 Å². The van der Waals surface area contributed by atoms with Crippen LogP contribution in [0.25, 0.3) is 0 Å². The van der Waals surface area contributed by atoms with Crippen LogP contribution < -0.4 is 16.4 Å². The Kier molecular flexibility index (Phi) is 7.85. The number of aryl methyl sites for hydroxylation is 1. The SMILES string of the molecule is Cc1ccc(C(CCCNC(=O)c2ccc(C(=N)N)cc2)(CC(=O)O)N2CCNC(=O)C2=O)cc1. The van der Waals surface area contributed by atoms with Crippen LogP contribution in [0, 0.1) is 12.3 Å². The highest BCUT2D eigenvalue weighted by Crippen LogP contribution is 2.38. The number of nitrogens with two attached hydrogens (primary N) is 1.